The highest BCUT2D eigenvalue weighted by Gasteiger charge is 2.70. The Kier molecular flexibility index (Phi) is 5.40. The molecule has 5 rings (SSSR count). The molecule has 0 saturated heterocycles. The zero-order valence-corrected chi connectivity index (χ0v) is 23.0. The molecule has 5 nitrogen and oxygen atoms in total. The van der Waals surface area contributed by atoms with E-state index in [4.69, 9.17) is 4.74 Å². The number of allylic oxidation sites excluding steroid dienone is 4. The fourth-order valence-electron chi connectivity index (χ4n) is 10.0. The van der Waals surface area contributed by atoms with E-state index in [1.165, 1.54) is 7.11 Å². The van der Waals surface area contributed by atoms with Crippen molar-refractivity contribution in [3.8, 4) is 6.07 Å². The molecule has 0 N–H and O–H groups in total. The predicted octanol–water partition coefficient (Wildman–Crippen LogP) is 5.99. The lowest BCUT2D eigenvalue weighted by Crippen LogP contribution is -2.65. The van der Waals surface area contributed by atoms with Crippen molar-refractivity contribution in [3.05, 3.63) is 23.3 Å². The lowest BCUT2D eigenvalue weighted by Gasteiger charge is -2.68. The van der Waals surface area contributed by atoms with Crippen molar-refractivity contribution in [1.29, 1.82) is 5.26 Å². The first kappa shape index (κ1) is 25.4. The van der Waals surface area contributed by atoms with E-state index in [1.807, 2.05) is 26.0 Å². The third-order valence-corrected chi connectivity index (χ3v) is 12.2. The van der Waals surface area contributed by atoms with Crippen LogP contribution < -0.4 is 0 Å². The first-order valence-electron chi connectivity index (χ1n) is 13.8. The number of carbonyl (C=O) groups excluding carboxylic acids is 3. The molecule has 5 heteroatoms. The standard InChI is InChI=1S/C31H41NO4/c1-18-8-11-31(26(35)36-7)13-12-30(6)24(20(31)14-18)21(33)15-23-28(4)16-19(17-32)25(34)27(2,3)22(28)9-10-29(23,30)5/h15-16,18,20,22,24H,8-14H2,1-7H3/t18-,20?,22?,24?,28-,29+,30+,31-/m0/s1. The monoisotopic (exact) mass is 491 g/mol. The van der Waals surface area contributed by atoms with Crippen LogP contribution in [0.3, 0.4) is 0 Å². The summed E-state index contributed by atoms with van der Waals surface area (Å²) in [5.41, 5.74) is -1.01. The SMILES string of the molecule is COC(=O)[C@]12CC[C@H](C)CC1C1C(=O)C=C3[C@@]4(C)C=C(C#N)C(=O)C(C)(C)C4CC[C@@]3(C)[C@]1(C)CC2. The fraction of sp³-hybridized carbons (Fsp3) is 0.742. The number of methoxy groups -OCH3 is 1. The van der Waals surface area contributed by atoms with Crippen LogP contribution >= 0.6 is 0 Å². The van der Waals surface area contributed by atoms with Crippen molar-refractivity contribution in [3.63, 3.8) is 0 Å². The van der Waals surface area contributed by atoms with Gasteiger partial charge in [0, 0.05) is 16.7 Å². The van der Waals surface area contributed by atoms with Gasteiger partial charge in [0.25, 0.3) is 0 Å². The lowest BCUT2D eigenvalue weighted by molar-refractivity contribution is -0.187. The van der Waals surface area contributed by atoms with Gasteiger partial charge in [0.15, 0.2) is 11.6 Å². The van der Waals surface area contributed by atoms with E-state index in [2.05, 4.69) is 33.8 Å². The fourth-order valence-corrected chi connectivity index (χ4v) is 10.0. The van der Waals surface area contributed by atoms with Gasteiger partial charge in [-0.25, -0.2) is 0 Å². The Bertz CT molecular complexity index is 1160. The van der Waals surface area contributed by atoms with Gasteiger partial charge in [0.05, 0.1) is 18.1 Å². The summed E-state index contributed by atoms with van der Waals surface area (Å²) in [6.07, 6.45) is 9.77. The molecular formula is C31H41NO4. The van der Waals surface area contributed by atoms with Gasteiger partial charge < -0.3 is 4.74 Å². The minimum atomic E-state index is -0.664. The minimum absolute atomic E-state index is 0.0188. The summed E-state index contributed by atoms with van der Waals surface area (Å²) >= 11 is 0. The van der Waals surface area contributed by atoms with Gasteiger partial charge in [-0.05, 0) is 79.6 Å². The largest absolute Gasteiger partial charge is 0.469 e. The number of ketones is 2. The first-order chi connectivity index (χ1) is 16.7. The summed E-state index contributed by atoms with van der Waals surface area (Å²) in [5, 5.41) is 9.84. The Balaban J connectivity index is 1.70. The average molecular weight is 492 g/mol. The van der Waals surface area contributed by atoms with Crippen LogP contribution in [0.4, 0.5) is 0 Å². The summed E-state index contributed by atoms with van der Waals surface area (Å²) < 4.78 is 5.37. The van der Waals surface area contributed by atoms with Gasteiger partial charge in [-0.3, -0.25) is 14.4 Å². The summed E-state index contributed by atoms with van der Waals surface area (Å²) in [5.74, 6) is 0.170. The Morgan fingerprint density at radius 2 is 1.75 bits per heavy atom. The molecule has 0 aromatic carbocycles. The van der Waals surface area contributed by atoms with E-state index in [-0.39, 0.29) is 51.7 Å². The number of Topliss-reactive ketones (excluding diaryl/α,β-unsaturated/α-hetero) is 1. The van der Waals surface area contributed by atoms with E-state index in [0.29, 0.717) is 5.92 Å². The maximum atomic E-state index is 14.3. The van der Waals surface area contributed by atoms with Crippen LogP contribution in [0.25, 0.3) is 0 Å². The van der Waals surface area contributed by atoms with Crippen LogP contribution in [0.5, 0.6) is 0 Å². The number of nitrogens with zero attached hydrogens (tertiary/aromatic N) is 1. The molecule has 0 spiro atoms. The topological polar surface area (TPSA) is 84.2 Å². The maximum Gasteiger partial charge on any atom is 0.312 e. The van der Waals surface area contributed by atoms with Gasteiger partial charge in [-0.2, -0.15) is 5.26 Å². The molecule has 0 radical (unpaired) electrons. The predicted molar refractivity (Wildman–Crippen MR) is 136 cm³/mol. The molecule has 194 valence electrons. The molecule has 3 fully saturated rings. The van der Waals surface area contributed by atoms with Crippen molar-refractivity contribution >= 4 is 17.5 Å². The Labute approximate surface area is 215 Å². The molecule has 0 aromatic heterocycles. The van der Waals surface area contributed by atoms with E-state index < -0.39 is 16.2 Å². The highest BCUT2D eigenvalue weighted by atomic mass is 16.5. The summed E-state index contributed by atoms with van der Waals surface area (Å²) in [7, 11) is 1.48. The van der Waals surface area contributed by atoms with Crippen molar-refractivity contribution in [2.45, 2.75) is 86.5 Å². The summed E-state index contributed by atoms with van der Waals surface area (Å²) in [6.45, 7) is 12.9. The number of hydrogen-bond acceptors (Lipinski definition) is 5. The normalized spacial score (nSPS) is 47.2. The van der Waals surface area contributed by atoms with Crippen molar-refractivity contribution in [2.24, 2.45) is 50.7 Å². The van der Waals surface area contributed by atoms with Gasteiger partial charge in [0.1, 0.15) is 6.07 Å². The van der Waals surface area contributed by atoms with Gasteiger partial charge in [0.2, 0.25) is 0 Å². The van der Waals surface area contributed by atoms with E-state index in [9.17, 15) is 19.6 Å². The smallest absolute Gasteiger partial charge is 0.312 e. The summed E-state index contributed by atoms with van der Waals surface area (Å²) in [6, 6.07) is 2.17. The van der Waals surface area contributed by atoms with Crippen molar-refractivity contribution in [2.75, 3.05) is 7.11 Å². The second kappa shape index (κ2) is 7.65. The van der Waals surface area contributed by atoms with E-state index in [0.717, 1.165) is 50.5 Å². The quantitative estimate of drug-likeness (QED) is 0.421. The zero-order valence-electron chi connectivity index (χ0n) is 23.0. The minimum Gasteiger partial charge on any atom is -0.469 e. The van der Waals surface area contributed by atoms with Crippen LogP contribution in [0.2, 0.25) is 0 Å². The molecule has 5 aliphatic rings. The molecule has 3 saturated carbocycles. The molecule has 0 bridgehead atoms. The number of nitriles is 1. The lowest BCUT2D eigenvalue weighted by atomic mass is 9.34. The maximum absolute atomic E-state index is 14.3. The van der Waals surface area contributed by atoms with Crippen LogP contribution in [-0.4, -0.2) is 24.6 Å². The van der Waals surface area contributed by atoms with Crippen LogP contribution in [0, 0.1) is 62.1 Å². The number of hydrogen-bond donors (Lipinski definition) is 0. The number of esters is 1. The van der Waals surface area contributed by atoms with Crippen LogP contribution in [-0.2, 0) is 19.1 Å². The molecular weight excluding hydrogens is 450 g/mol. The highest BCUT2D eigenvalue weighted by molar-refractivity contribution is 6.04. The Morgan fingerprint density at radius 1 is 1.06 bits per heavy atom. The van der Waals surface area contributed by atoms with Crippen LogP contribution in [0.15, 0.2) is 23.3 Å². The van der Waals surface area contributed by atoms with Gasteiger partial charge in [-0.15, -0.1) is 0 Å². The van der Waals surface area contributed by atoms with Crippen molar-refractivity contribution in [1.82, 2.24) is 0 Å². The van der Waals surface area contributed by atoms with Crippen LogP contribution in [0.1, 0.15) is 86.5 Å². The zero-order chi connectivity index (χ0) is 26.5. The second-order valence-corrected chi connectivity index (χ2v) is 13.9. The molecule has 5 aliphatic carbocycles. The summed E-state index contributed by atoms with van der Waals surface area (Å²) in [4.78, 5) is 40.7. The van der Waals surface area contributed by atoms with Gasteiger partial charge in [-0.1, -0.05) is 53.2 Å². The molecule has 0 amide bonds. The molecule has 0 heterocycles. The molecule has 8 atom stereocenters. The third kappa shape index (κ3) is 2.85. The number of carbonyl (C=O) groups is 3. The molecule has 3 unspecified atom stereocenters. The van der Waals surface area contributed by atoms with E-state index in [1.54, 1.807) is 0 Å². The Hall–Kier alpha value is -2.22. The Morgan fingerprint density at radius 3 is 2.39 bits per heavy atom. The molecule has 36 heavy (non-hydrogen) atoms. The average Bonchev–Trinajstić information content (AvgIpc) is 2.82. The number of ether oxygens (including phenoxy) is 1. The molecule has 0 aliphatic heterocycles. The third-order valence-electron chi connectivity index (χ3n) is 12.2. The number of fused-ring (bicyclic) bond motifs is 7. The van der Waals surface area contributed by atoms with Crippen molar-refractivity contribution < 1.29 is 19.1 Å². The highest BCUT2D eigenvalue weighted by Crippen LogP contribution is 2.74. The van der Waals surface area contributed by atoms with Gasteiger partial charge >= 0.3 is 5.97 Å². The van der Waals surface area contributed by atoms with E-state index >= 15 is 0 Å². The second-order valence-electron chi connectivity index (χ2n) is 13.9. The number of rotatable bonds is 1. The molecule has 0 aromatic rings. The first-order valence-corrected chi connectivity index (χ1v) is 13.8.